The Morgan fingerprint density at radius 3 is 2.95 bits per heavy atom. The summed E-state index contributed by atoms with van der Waals surface area (Å²) >= 11 is 0. The van der Waals surface area contributed by atoms with Crippen LogP contribution in [0, 0.1) is 5.92 Å². The Morgan fingerprint density at radius 2 is 2.20 bits per heavy atom. The maximum atomic E-state index is 4.37. The molecular weight excluding hydrogens is 244 g/mol. The van der Waals surface area contributed by atoms with Crippen LogP contribution in [-0.2, 0) is 0 Å². The van der Waals surface area contributed by atoms with Gasteiger partial charge in [0, 0.05) is 24.2 Å². The lowest BCUT2D eigenvalue weighted by atomic mass is 9.99. The molecule has 0 radical (unpaired) electrons. The highest BCUT2D eigenvalue weighted by Gasteiger charge is 2.20. The summed E-state index contributed by atoms with van der Waals surface area (Å²) in [5.74, 6) is 0.575. The van der Waals surface area contributed by atoms with Crippen molar-refractivity contribution in [1.82, 2.24) is 10.3 Å². The summed E-state index contributed by atoms with van der Waals surface area (Å²) in [5, 5.41) is 4.82. The predicted molar refractivity (Wildman–Crippen MR) is 85.6 cm³/mol. The Balaban J connectivity index is 1.84. The molecule has 0 atom stereocenters. The van der Waals surface area contributed by atoms with Gasteiger partial charge < -0.3 is 5.32 Å². The first-order chi connectivity index (χ1) is 9.72. The van der Waals surface area contributed by atoms with E-state index in [0.717, 1.165) is 18.1 Å². The summed E-state index contributed by atoms with van der Waals surface area (Å²) in [6.07, 6.45) is 6.85. The third kappa shape index (κ3) is 3.26. The molecule has 1 aromatic heterocycles. The van der Waals surface area contributed by atoms with Crippen molar-refractivity contribution >= 4 is 17.0 Å². The molecule has 0 bridgehead atoms. The van der Waals surface area contributed by atoms with Crippen LogP contribution in [0.25, 0.3) is 17.0 Å². The standard InChI is InChI=1S/C18H22N2/c1-13(2)16(12-20-17-6-7-17)11-14-5-8-18-15(10-14)4-3-9-19-18/h3-5,8-11,13,17,20H,6-7,12H2,1-2H3. The number of fused-ring (bicyclic) bond motifs is 1. The molecule has 0 aliphatic heterocycles. The maximum absolute atomic E-state index is 4.37. The lowest BCUT2D eigenvalue weighted by Gasteiger charge is -2.13. The molecule has 1 aliphatic carbocycles. The van der Waals surface area contributed by atoms with Crippen molar-refractivity contribution in [3.63, 3.8) is 0 Å². The molecule has 0 amide bonds. The van der Waals surface area contributed by atoms with Crippen molar-refractivity contribution in [3.8, 4) is 0 Å². The Hall–Kier alpha value is -1.67. The zero-order valence-electron chi connectivity index (χ0n) is 12.3. The van der Waals surface area contributed by atoms with Gasteiger partial charge in [0.1, 0.15) is 0 Å². The summed E-state index contributed by atoms with van der Waals surface area (Å²) in [7, 11) is 0. The minimum atomic E-state index is 0.575. The van der Waals surface area contributed by atoms with E-state index in [0.29, 0.717) is 5.92 Å². The highest BCUT2D eigenvalue weighted by Crippen LogP contribution is 2.22. The van der Waals surface area contributed by atoms with Gasteiger partial charge >= 0.3 is 0 Å². The van der Waals surface area contributed by atoms with Gasteiger partial charge in [0.05, 0.1) is 5.52 Å². The van der Waals surface area contributed by atoms with Crippen LogP contribution in [0.3, 0.4) is 0 Å². The number of aromatic nitrogens is 1. The van der Waals surface area contributed by atoms with Gasteiger partial charge in [-0.1, -0.05) is 37.6 Å². The van der Waals surface area contributed by atoms with Gasteiger partial charge in [0.2, 0.25) is 0 Å². The fraction of sp³-hybridized carbons (Fsp3) is 0.389. The van der Waals surface area contributed by atoms with Gasteiger partial charge in [-0.3, -0.25) is 4.98 Å². The van der Waals surface area contributed by atoms with Gasteiger partial charge in [-0.05, 0) is 42.5 Å². The molecule has 3 rings (SSSR count). The number of benzene rings is 1. The van der Waals surface area contributed by atoms with Crippen LogP contribution in [0.1, 0.15) is 32.3 Å². The van der Waals surface area contributed by atoms with E-state index < -0.39 is 0 Å². The lowest BCUT2D eigenvalue weighted by Crippen LogP contribution is -2.21. The van der Waals surface area contributed by atoms with E-state index in [1.54, 1.807) is 0 Å². The summed E-state index contributed by atoms with van der Waals surface area (Å²) in [6.45, 7) is 5.54. The van der Waals surface area contributed by atoms with Crippen molar-refractivity contribution < 1.29 is 0 Å². The second kappa shape index (κ2) is 5.76. The van der Waals surface area contributed by atoms with E-state index in [1.807, 2.05) is 12.3 Å². The first-order valence-electron chi connectivity index (χ1n) is 7.51. The highest BCUT2D eigenvalue weighted by molar-refractivity contribution is 5.81. The van der Waals surface area contributed by atoms with Crippen LogP contribution in [0.2, 0.25) is 0 Å². The molecule has 104 valence electrons. The zero-order chi connectivity index (χ0) is 13.9. The molecule has 1 N–H and O–H groups in total. The van der Waals surface area contributed by atoms with Crippen molar-refractivity contribution in [2.75, 3.05) is 6.54 Å². The largest absolute Gasteiger partial charge is 0.310 e. The Morgan fingerprint density at radius 1 is 1.35 bits per heavy atom. The number of nitrogens with zero attached hydrogens (tertiary/aromatic N) is 1. The van der Waals surface area contributed by atoms with E-state index in [1.165, 1.54) is 29.4 Å². The molecule has 2 nitrogen and oxygen atoms in total. The Kier molecular flexibility index (Phi) is 3.83. The van der Waals surface area contributed by atoms with Crippen molar-refractivity contribution in [2.45, 2.75) is 32.7 Å². The summed E-state index contributed by atoms with van der Waals surface area (Å²) < 4.78 is 0. The number of rotatable bonds is 5. The summed E-state index contributed by atoms with van der Waals surface area (Å²) in [6, 6.07) is 11.4. The van der Waals surface area contributed by atoms with Crippen LogP contribution in [-0.4, -0.2) is 17.6 Å². The van der Waals surface area contributed by atoms with Gasteiger partial charge in [0.15, 0.2) is 0 Å². The third-order valence-corrected chi connectivity index (χ3v) is 3.89. The molecule has 0 spiro atoms. The Bertz CT molecular complexity index is 624. The van der Waals surface area contributed by atoms with Crippen LogP contribution < -0.4 is 5.32 Å². The minimum absolute atomic E-state index is 0.575. The number of hydrogen-bond acceptors (Lipinski definition) is 2. The predicted octanol–water partition coefficient (Wildman–Crippen LogP) is 4.03. The molecule has 1 heterocycles. The molecule has 1 saturated carbocycles. The van der Waals surface area contributed by atoms with E-state index >= 15 is 0 Å². The number of pyridine rings is 1. The van der Waals surface area contributed by atoms with Crippen molar-refractivity contribution in [2.24, 2.45) is 5.92 Å². The number of hydrogen-bond donors (Lipinski definition) is 1. The molecule has 2 heteroatoms. The zero-order valence-corrected chi connectivity index (χ0v) is 12.3. The fourth-order valence-corrected chi connectivity index (χ4v) is 2.37. The molecule has 0 saturated heterocycles. The third-order valence-electron chi connectivity index (χ3n) is 3.89. The quantitative estimate of drug-likeness (QED) is 0.884. The van der Waals surface area contributed by atoms with E-state index in [-0.39, 0.29) is 0 Å². The second-order valence-electron chi connectivity index (χ2n) is 5.98. The smallest absolute Gasteiger partial charge is 0.0702 e. The molecule has 1 aliphatic rings. The van der Waals surface area contributed by atoms with E-state index in [4.69, 9.17) is 0 Å². The van der Waals surface area contributed by atoms with Gasteiger partial charge in [0.25, 0.3) is 0 Å². The maximum Gasteiger partial charge on any atom is 0.0702 e. The normalized spacial score (nSPS) is 16.1. The SMILES string of the molecule is CC(C)C(=Cc1ccc2ncccc2c1)CNC1CC1. The topological polar surface area (TPSA) is 24.9 Å². The first kappa shape index (κ1) is 13.3. The van der Waals surface area contributed by atoms with Gasteiger partial charge in [-0.25, -0.2) is 0 Å². The van der Waals surface area contributed by atoms with E-state index in [9.17, 15) is 0 Å². The monoisotopic (exact) mass is 266 g/mol. The summed E-state index contributed by atoms with van der Waals surface area (Å²) in [4.78, 5) is 4.37. The lowest BCUT2D eigenvalue weighted by molar-refractivity contribution is 0.662. The number of nitrogens with one attached hydrogen (secondary N) is 1. The second-order valence-corrected chi connectivity index (χ2v) is 5.98. The average molecular weight is 266 g/mol. The molecular formula is C18H22N2. The molecule has 20 heavy (non-hydrogen) atoms. The highest BCUT2D eigenvalue weighted by atomic mass is 14.9. The molecule has 1 aromatic carbocycles. The van der Waals surface area contributed by atoms with Crippen LogP contribution in [0.4, 0.5) is 0 Å². The molecule has 0 unspecified atom stereocenters. The Labute approximate surface area is 120 Å². The first-order valence-corrected chi connectivity index (χ1v) is 7.51. The van der Waals surface area contributed by atoms with Crippen molar-refractivity contribution in [3.05, 3.63) is 47.7 Å². The van der Waals surface area contributed by atoms with Crippen LogP contribution in [0.5, 0.6) is 0 Å². The average Bonchev–Trinajstić information content (AvgIpc) is 3.27. The van der Waals surface area contributed by atoms with Gasteiger partial charge in [-0.15, -0.1) is 0 Å². The fourth-order valence-electron chi connectivity index (χ4n) is 2.37. The van der Waals surface area contributed by atoms with Crippen LogP contribution in [0.15, 0.2) is 42.1 Å². The van der Waals surface area contributed by atoms with E-state index in [2.05, 4.69) is 54.5 Å². The molecule has 1 fully saturated rings. The summed E-state index contributed by atoms with van der Waals surface area (Å²) in [5.41, 5.74) is 3.80. The van der Waals surface area contributed by atoms with Gasteiger partial charge in [-0.2, -0.15) is 0 Å². The minimum Gasteiger partial charge on any atom is -0.310 e. The van der Waals surface area contributed by atoms with Crippen LogP contribution >= 0.6 is 0 Å². The van der Waals surface area contributed by atoms with Crippen molar-refractivity contribution in [1.29, 1.82) is 0 Å². The molecule has 2 aromatic rings.